The molecule has 5 heteroatoms. The van der Waals surface area contributed by atoms with Crippen LogP contribution in [0.15, 0.2) is 90.0 Å². The van der Waals surface area contributed by atoms with Gasteiger partial charge in [-0.1, -0.05) is 42.5 Å². The van der Waals surface area contributed by atoms with Crippen molar-refractivity contribution in [2.75, 3.05) is 5.32 Å². The van der Waals surface area contributed by atoms with Gasteiger partial charge >= 0.3 is 0 Å². The zero-order valence-electron chi connectivity index (χ0n) is 18.5. The molecule has 2 aliphatic rings. The van der Waals surface area contributed by atoms with E-state index in [1.807, 2.05) is 59.5 Å². The van der Waals surface area contributed by atoms with Gasteiger partial charge in [0, 0.05) is 17.8 Å². The van der Waals surface area contributed by atoms with Gasteiger partial charge in [-0.25, -0.2) is 4.39 Å². The third kappa shape index (κ3) is 4.77. The molecule has 1 aliphatic carbocycles. The summed E-state index contributed by atoms with van der Waals surface area (Å²) < 4.78 is 19.3. The summed E-state index contributed by atoms with van der Waals surface area (Å²) in [7, 11) is 0. The minimum atomic E-state index is -0.270. The predicted octanol–water partition coefficient (Wildman–Crippen LogP) is 6.06. The number of halogens is 1. The van der Waals surface area contributed by atoms with Crippen LogP contribution >= 0.6 is 0 Å². The summed E-state index contributed by atoms with van der Waals surface area (Å²) in [6.45, 7) is 0.967. The molecular formula is C28H27FN2O2. The smallest absolute Gasteiger partial charge is 0.252 e. The van der Waals surface area contributed by atoms with Crippen molar-refractivity contribution in [3.63, 3.8) is 0 Å². The van der Waals surface area contributed by atoms with Gasteiger partial charge in [0.1, 0.15) is 24.3 Å². The molecule has 0 fully saturated rings. The third-order valence-electron chi connectivity index (χ3n) is 6.34. The van der Waals surface area contributed by atoms with E-state index in [4.69, 9.17) is 4.74 Å². The largest absolute Gasteiger partial charge is 0.489 e. The van der Waals surface area contributed by atoms with Gasteiger partial charge < -0.3 is 15.0 Å². The minimum Gasteiger partial charge on any atom is -0.489 e. The van der Waals surface area contributed by atoms with Crippen molar-refractivity contribution >= 4 is 11.6 Å². The van der Waals surface area contributed by atoms with Crippen LogP contribution in [0.4, 0.5) is 10.1 Å². The van der Waals surface area contributed by atoms with Gasteiger partial charge in [-0.3, -0.25) is 4.79 Å². The molecule has 5 rings (SSSR count). The molecule has 3 aromatic carbocycles. The lowest BCUT2D eigenvalue weighted by Gasteiger charge is -2.29. The molecule has 0 saturated carbocycles. The van der Waals surface area contributed by atoms with Crippen molar-refractivity contribution in [3.8, 4) is 5.75 Å². The Kier molecular flexibility index (Phi) is 6.11. The first-order valence-corrected chi connectivity index (χ1v) is 11.5. The summed E-state index contributed by atoms with van der Waals surface area (Å²) >= 11 is 0. The van der Waals surface area contributed by atoms with E-state index >= 15 is 0 Å². The molecule has 0 spiro atoms. The Morgan fingerprint density at radius 1 is 0.879 bits per heavy atom. The highest BCUT2D eigenvalue weighted by Gasteiger charge is 2.39. The lowest BCUT2D eigenvalue weighted by atomic mass is 9.92. The molecule has 1 atom stereocenters. The number of nitrogens with zero attached hydrogens (tertiary/aromatic N) is 1. The standard InChI is InChI=1S/C28H27FN2O2/c29-22-12-10-20(11-13-22)18-31-27(25-8-4-5-9-26(25)28(31)32)30-23-14-16-24(17-15-23)33-19-21-6-2-1-3-7-21/h1-3,6-7,10-17,27,30H,4-5,8-9,18-19H2. The fourth-order valence-corrected chi connectivity index (χ4v) is 4.61. The van der Waals surface area contributed by atoms with Crippen molar-refractivity contribution < 1.29 is 13.9 Å². The van der Waals surface area contributed by atoms with E-state index in [9.17, 15) is 9.18 Å². The fourth-order valence-electron chi connectivity index (χ4n) is 4.61. The second-order valence-corrected chi connectivity index (χ2v) is 8.62. The minimum absolute atomic E-state index is 0.0920. The van der Waals surface area contributed by atoms with E-state index in [2.05, 4.69) is 5.32 Å². The van der Waals surface area contributed by atoms with E-state index < -0.39 is 0 Å². The van der Waals surface area contributed by atoms with Gasteiger partial charge in [0.25, 0.3) is 5.91 Å². The SMILES string of the molecule is O=C1C2=C(CCCC2)C(Nc2ccc(OCc3ccccc3)cc2)N1Cc1ccc(F)cc1. The molecule has 1 unspecified atom stereocenters. The molecular weight excluding hydrogens is 415 g/mol. The molecule has 0 radical (unpaired) electrons. The summed E-state index contributed by atoms with van der Waals surface area (Å²) in [6, 6.07) is 24.3. The molecule has 168 valence electrons. The van der Waals surface area contributed by atoms with E-state index in [0.29, 0.717) is 13.2 Å². The zero-order valence-corrected chi connectivity index (χ0v) is 18.5. The predicted molar refractivity (Wildman–Crippen MR) is 127 cm³/mol. The average molecular weight is 443 g/mol. The Morgan fingerprint density at radius 3 is 2.36 bits per heavy atom. The van der Waals surface area contributed by atoms with Crippen molar-refractivity contribution in [2.45, 2.75) is 45.0 Å². The number of rotatable bonds is 7. The van der Waals surface area contributed by atoms with Crippen LogP contribution in [0, 0.1) is 5.82 Å². The Balaban J connectivity index is 1.31. The van der Waals surface area contributed by atoms with Gasteiger partial charge in [-0.2, -0.15) is 0 Å². The molecule has 0 aromatic heterocycles. The number of nitrogens with one attached hydrogen (secondary N) is 1. The molecule has 0 bridgehead atoms. The van der Waals surface area contributed by atoms with Gasteiger partial charge in [0.05, 0.1) is 0 Å². The van der Waals surface area contributed by atoms with Crippen LogP contribution in [-0.2, 0) is 17.9 Å². The first-order valence-electron chi connectivity index (χ1n) is 11.5. The number of hydrogen-bond donors (Lipinski definition) is 1. The van der Waals surface area contributed by atoms with Crippen LogP contribution < -0.4 is 10.1 Å². The molecule has 1 aliphatic heterocycles. The summed E-state index contributed by atoms with van der Waals surface area (Å²) in [5.41, 5.74) is 5.11. The normalized spacial score (nSPS) is 17.8. The zero-order chi connectivity index (χ0) is 22.6. The highest BCUT2D eigenvalue weighted by molar-refractivity contribution is 5.98. The second-order valence-electron chi connectivity index (χ2n) is 8.62. The highest BCUT2D eigenvalue weighted by Crippen LogP contribution is 2.37. The number of ether oxygens (including phenoxy) is 1. The van der Waals surface area contributed by atoms with Crippen molar-refractivity contribution in [1.82, 2.24) is 4.90 Å². The number of benzene rings is 3. The van der Waals surface area contributed by atoms with Gasteiger partial charge in [-0.05, 0) is 78.8 Å². The van der Waals surface area contributed by atoms with E-state index in [1.165, 1.54) is 17.7 Å². The van der Waals surface area contributed by atoms with Crippen LogP contribution in [0.5, 0.6) is 5.75 Å². The fraction of sp³-hybridized carbons (Fsp3) is 0.250. The number of amides is 1. The van der Waals surface area contributed by atoms with Crippen LogP contribution in [0.1, 0.15) is 36.8 Å². The van der Waals surface area contributed by atoms with Crippen LogP contribution in [0.3, 0.4) is 0 Å². The Morgan fingerprint density at radius 2 is 1.61 bits per heavy atom. The lowest BCUT2D eigenvalue weighted by molar-refractivity contribution is -0.127. The summed E-state index contributed by atoms with van der Waals surface area (Å²) in [6.07, 6.45) is 3.72. The third-order valence-corrected chi connectivity index (χ3v) is 6.34. The van der Waals surface area contributed by atoms with Crippen LogP contribution in [0.25, 0.3) is 0 Å². The maximum atomic E-state index is 13.4. The topological polar surface area (TPSA) is 41.6 Å². The number of carbonyl (C=O) groups excluding carboxylic acids is 1. The van der Waals surface area contributed by atoms with E-state index in [1.54, 1.807) is 12.1 Å². The molecule has 4 nitrogen and oxygen atoms in total. The van der Waals surface area contributed by atoms with Crippen molar-refractivity contribution in [2.24, 2.45) is 0 Å². The summed E-state index contributed by atoms with van der Waals surface area (Å²) in [5, 5.41) is 3.57. The van der Waals surface area contributed by atoms with Crippen LogP contribution in [-0.4, -0.2) is 17.0 Å². The second kappa shape index (κ2) is 9.49. The number of hydrogen-bond acceptors (Lipinski definition) is 3. The van der Waals surface area contributed by atoms with Gasteiger partial charge in [0.15, 0.2) is 0 Å². The highest BCUT2D eigenvalue weighted by atomic mass is 19.1. The summed E-state index contributed by atoms with van der Waals surface area (Å²) in [4.78, 5) is 15.1. The molecule has 1 heterocycles. The van der Waals surface area contributed by atoms with Crippen LogP contribution in [0.2, 0.25) is 0 Å². The Labute approximate surface area is 193 Å². The Hall–Kier alpha value is -3.60. The first-order chi connectivity index (χ1) is 16.2. The average Bonchev–Trinajstić information content (AvgIpc) is 3.12. The monoisotopic (exact) mass is 442 g/mol. The van der Waals surface area contributed by atoms with E-state index in [-0.39, 0.29) is 17.9 Å². The Bertz CT molecular complexity index is 1140. The molecule has 33 heavy (non-hydrogen) atoms. The number of carbonyl (C=O) groups is 1. The number of anilines is 1. The van der Waals surface area contributed by atoms with Gasteiger partial charge in [-0.15, -0.1) is 0 Å². The summed E-state index contributed by atoms with van der Waals surface area (Å²) in [5.74, 6) is 0.621. The van der Waals surface area contributed by atoms with Crippen molar-refractivity contribution in [1.29, 1.82) is 0 Å². The van der Waals surface area contributed by atoms with Crippen molar-refractivity contribution in [3.05, 3.63) is 107 Å². The van der Waals surface area contributed by atoms with E-state index in [0.717, 1.165) is 53.8 Å². The molecule has 1 N–H and O–H groups in total. The lowest BCUT2D eigenvalue weighted by Crippen LogP contribution is -2.40. The van der Waals surface area contributed by atoms with Gasteiger partial charge in [0.2, 0.25) is 0 Å². The molecule has 3 aromatic rings. The maximum absolute atomic E-state index is 13.4. The molecule has 1 amide bonds. The quantitative estimate of drug-likeness (QED) is 0.484. The first kappa shape index (κ1) is 21.3. The molecule has 0 saturated heterocycles. The maximum Gasteiger partial charge on any atom is 0.252 e.